The van der Waals surface area contributed by atoms with Crippen LogP contribution in [0.1, 0.15) is 56.6 Å². The van der Waals surface area contributed by atoms with Crippen molar-refractivity contribution in [2.45, 2.75) is 62.9 Å². The van der Waals surface area contributed by atoms with Gasteiger partial charge < -0.3 is 21.5 Å². The topological polar surface area (TPSA) is 23.8 Å². The summed E-state index contributed by atoms with van der Waals surface area (Å²) in [5.41, 5.74) is 1.75. The quantitative estimate of drug-likeness (QED) is 0.618. The molecule has 2 bridgehead atoms. The summed E-state index contributed by atoms with van der Waals surface area (Å²) < 4.78 is 1.28. The third-order valence-corrected chi connectivity index (χ3v) is 7.74. The number of piperidine rings is 1. The minimum Gasteiger partial charge on any atom is -1.00 e. The average molecular weight is 453 g/mol. The summed E-state index contributed by atoms with van der Waals surface area (Å²) in [6.45, 7) is 3.63. The lowest BCUT2D eigenvalue weighted by Crippen LogP contribution is -3.00. The van der Waals surface area contributed by atoms with Crippen molar-refractivity contribution in [2.75, 3.05) is 13.6 Å². The number of rotatable bonds is 6. The number of hydrogen-bond donors (Lipinski definition) is 0. The molecule has 3 heteroatoms. The first-order valence-electron chi connectivity index (χ1n) is 11.0. The van der Waals surface area contributed by atoms with Crippen molar-refractivity contribution < 1.29 is 21.5 Å². The van der Waals surface area contributed by atoms with Crippen molar-refractivity contribution in [1.29, 1.82) is 5.26 Å². The molecular weight excluding hydrogens is 420 g/mol. The molecule has 4 rings (SSSR count). The summed E-state index contributed by atoms with van der Waals surface area (Å²) in [6.07, 6.45) is 7.50. The zero-order valence-corrected chi connectivity index (χ0v) is 19.3. The van der Waals surface area contributed by atoms with Crippen molar-refractivity contribution in [3.8, 4) is 6.07 Å². The maximum Gasteiger partial charge on any atom is 0.107 e. The minimum atomic E-state index is -0.544. The van der Waals surface area contributed by atoms with Gasteiger partial charge in [0.25, 0.3) is 0 Å². The molecule has 0 aromatic heterocycles. The Hall–Kier alpha value is -1.63. The van der Waals surface area contributed by atoms with Crippen LogP contribution in [0.15, 0.2) is 60.7 Å². The molecule has 2 aliphatic heterocycles. The van der Waals surface area contributed by atoms with Crippen molar-refractivity contribution >= 4 is 0 Å². The molecule has 2 nitrogen and oxygen atoms in total. The molecule has 29 heavy (non-hydrogen) atoms. The first-order valence-corrected chi connectivity index (χ1v) is 11.0. The van der Waals surface area contributed by atoms with Crippen LogP contribution in [0.25, 0.3) is 0 Å². The molecule has 0 radical (unpaired) electrons. The standard InChI is InChI=1S/C26H33N2.BrH/c1-3-16-28(2)24-14-15-25(28)18-21(17-24)19-26(20-27,22-10-6-4-7-11-22)23-12-8-5-9-13-23;/h4-13,21,24-25H,3,14-19H2,1-2H3;1H/q+1;/p-1/t21?,24-,25+,28?;. The van der Waals surface area contributed by atoms with E-state index in [1.165, 1.54) is 43.1 Å². The smallest absolute Gasteiger partial charge is 0.107 e. The largest absolute Gasteiger partial charge is 1.00 e. The molecule has 2 saturated heterocycles. The monoisotopic (exact) mass is 452 g/mol. The molecular formula is C26H33BrN2. The van der Waals surface area contributed by atoms with Gasteiger partial charge in [-0.3, -0.25) is 0 Å². The maximum atomic E-state index is 10.5. The molecule has 154 valence electrons. The average Bonchev–Trinajstić information content (AvgIpc) is 2.90. The van der Waals surface area contributed by atoms with Gasteiger partial charge >= 0.3 is 0 Å². The van der Waals surface area contributed by atoms with Gasteiger partial charge in [-0.2, -0.15) is 5.26 Å². The van der Waals surface area contributed by atoms with E-state index >= 15 is 0 Å². The Kier molecular flexibility index (Phi) is 6.87. The van der Waals surface area contributed by atoms with Gasteiger partial charge in [0.1, 0.15) is 5.41 Å². The van der Waals surface area contributed by atoms with Gasteiger partial charge in [0.05, 0.1) is 31.7 Å². The Labute approximate surface area is 186 Å². The predicted molar refractivity (Wildman–Crippen MR) is 115 cm³/mol. The normalized spacial score (nSPS) is 28.4. The summed E-state index contributed by atoms with van der Waals surface area (Å²) >= 11 is 0. The molecule has 0 saturated carbocycles. The number of fused-ring (bicyclic) bond motifs is 2. The molecule has 0 aliphatic carbocycles. The molecule has 2 unspecified atom stereocenters. The van der Waals surface area contributed by atoms with Crippen LogP contribution in [-0.2, 0) is 5.41 Å². The first kappa shape index (κ1) is 22.1. The fourth-order valence-corrected chi connectivity index (χ4v) is 6.32. The number of benzene rings is 2. The lowest BCUT2D eigenvalue weighted by molar-refractivity contribution is -0.949. The van der Waals surface area contributed by atoms with Gasteiger partial charge in [-0.15, -0.1) is 0 Å². The van der Waals surface area contributed by atoms with E-state index in [9.17, 15) is 5.26 Å². The van der Waals surface area contributed by atoms with E-state index in [1.54, 1.807) is 0 Å². The summed E-state index contributed by atoms with van der Waals surface area (Å²) in [5.74, 6) is 0.626. The second kappa shape index (κ2) is 9.02. The van der Waals surface area contributed by atoms with E-state index in [2.05, 4.69) is 68.6 Å². The van der Waals surface area contributed by atoms with E-state index < -0.39 is 5.41 Å². The zero-order chi connectivity index (χ0) is 19.6. The van der Waals surface area contributed by atoms with E-state index in [0.717, 1.165) is 29.6 Å². The third kappa shape index (κ3) is 3.90. The second-order valence-electron chi connectivity index (χ2n) is 9.25. The van der Waals surface area contributed by atoms with Crippen molar-refractivity contribution in [1.82, 2.24) is 0 Å². The molecule has 2 aromatic carbocycles. The van der Waals surface area contributed by atoms with Crippen LogP contribution in [0, 0.1) is 17.2 Å². The minimum absolute atomic E-state index is 0. The lowest BCUT2D eigenvalue weighted by Gasteiger charge is -2.48. The fourth-order valence-electron chi connectivity index (χ4n) is 6.32. The van der Waals surface area contributed by atoms with Crippen LogP contribution in [0.2, 0.25) is 0 Å². The van der Waals surface area contributed by atoms with Crippen molar-refractivity contribution in [3.63, 3.8) is 0 Å². The van der Waals surface area contributed by atoms with E-state index in [4.69, 9.17) is 0 Å². The van der Waals surface area contributed by atoms with Crippen LogP contribution in [0.3, 0.4) is 0 Å². The number of halogens is 1. The van der Waals surface area contributed by atoms with Crippen LogP contribution in [0.5, 0.6) is 0 Å². The molecule has 4 atom stereocenters. The molecule has 2 fully saturated rings. The number of nitriles is 1. The van der Waals surface area contributed by atoms with Gasteiger partial charge in [0.15, 0.2) is 0 Å². The predicted octanol–water partition coefficient (Wildman–Crippen LogP) is 2.69. The summed E-state index contributed by atoms with van der Waals surface area (Å²) in [5, 5.41) is 10.5. The Bertz CT molecular complexity index is 773. The highest BCUT2D eigenvalue weighted by Gasteiger charge is 2.52. The van der Waals surface area contributed by atoms with Crippen LogP contribution >= 0.6 is 0 Å². The molecule has 2 heterocycles. The van der Waals surface area contributed by atoms with Gasteiger partial charge in [-0.25, -0.2) is 0 Å². The second-order valence-corrected chi connectivity index (χ2v) is 9.25. The van der Waals surface area contributed by atoms with E-state index in [0.29, 0.717) is 5.92 Å². The van der Waals surface area contributed by atoms with Gasteiger partial charge in [0, 0.05) is 25.7 Å². The number of quaternary nitrogens is 1. The molecule has 0 spiro atoms. The fraction of sp³-hybridized carbons (Fsp3) is 0.500. The van der Waals surface area contributed by atoms with Gasteiger partial charge in [-0.05, 0) is 29.9 Å². The van der Waals surface area contributed by atoms with Crippen LogP contribution < -0.4 is 17.0 Å². The Morgan fingerprint density at radius 1 is 0.931 bits per heavy atom. The van der Waals surface area contributed by atoms with Gasteiger partial charge in [-0.1, -0.05) is 67.6 Å². The number of hydrogen-bond acceptors (Lipinski definition) is 1. The Morgan fingerprint density at radius 3 is 1.83 bits per heavy atom. The summed E-state index contributed by atoms with van der Waals surface area (Å²) in [4.78, 5) is 0. The van der Waals surface area contributed by atoms with Crippen molar-refractivity contribution in [3.05, 3.63) is 71.8 Å². The molecule has 2 aromatic rings. The third-order valence-electron chi connectivity index (χ3n) is 7.74. The maximum absolute atomic E-state index is 10.5. The SMILES string of the molecule is CCC[N+]1(C)[C@@H]2CC[C@H]1CC(CC(C#N)(c1ccccc1)c1ccccc1)C2.[Br-]. The van der Waals surface area contributed by atoms with Crippen LogP contribution in [0.4, 0.5) is 0 Å². The zero-order valence-electron chi connectivity index (χ0n) is 17.7. The van der Waals surface area contributed by atoms with E-state index in [-0.39, 0.29) is 17.0 Å². The molecule has 2 aliphatic rings. The van der Waals surface area contributed by atoms with Gasteiger partial charge in [0.2, 0.25) is 0 Å². The Balaban J connectivity index is 0.00000240. The van der Waals surface area contributed by atoms with E-state index in [1.807, 2.05) is 12.1 Å². The Morgan fingerprint density at radius 2 is 1.41 bits per heavy atom. The summed E-state index contributed by atoms with van der Waals surface area (Å²) in [7, 11) is 2.49. The lowest BCUT2D eigenvalue weighted by atomic mass is 9.67. The highest BCUT2D eigenvalue weighted by Crippen LogP contribution is 2.48. The molecule has 0 N–H and O–H groups in total. The summed E-state index contributed by atoms with van der Waals surface area (Å²) in [6, 6.07) is 25.3. The highest BCUT2D eigenvalue weighted by atomic mass is 79.9. The molecule has 0 amide bonds. The first-order chi connectivity index (χ1) is 13.6. The number of nitrogens with zero attached hydrogens (tertiary/aromatic N) is 2. The highest BCUT2D eigenvalue weighted by molar-refractivity contribution is 5.45. The van der Waals surface area contributed by atoms with Crippen LogP contribution in [-0.4, -0.2) is 30.2 Å². The van der Waals surface area contributed by atoms with Crippen molar-refractivity contribution in [2.24, 2.45) is 5.92 Å².